The Kier molecular flexibility index (Phi) is 7.50. The molecular formula is C27H41F3O. The highest BCUT2D eigenvalue weighted by Gasteiger charge is 2.52. The van der Waals surface area contributed by atoms with Gasteiger partial charge < -0.3 is 5.11 Å². The third-order valence-electron chi connectivity index (χ3n) is 8.57. The van der Waals surface area contributed by atoms with E-state index in [0.717, 1.165) is 25.2 Å². The molecule has 31 heavy (non-hydrogen) atoms. The number of rotatable bonds is 6. The maximum absolute atomic E-state index is 14.1. The maximum Gasteiger partial charge on any atom is 0.306 e. The molecule has 0 aliphatic heterocycles. The number of aliphatic hydroxyl groups excluding tert-OH is 1. The molecule has 0 amide bonds. The highest BCUT2D eigenvalue weighted by atomic mass is 19.3. The molecule has 0 spiro atoms. The number of halogens is 3. The second-order valence-electron chi connectivity index (χ2n) is 11.1. The first-order valence-corrected chi connectivity index (χ1v) is 12.3. The molecule has 176 valence electrons. The first kappa shape index (κ1) is 24.6. The zero-order valence-corrected chi connectivity index (χ0v) is 19.8. The third kappa shape index (κ3) is 4.84. The molecule has 1 nitrogen and oxygen atoms in total. The molecule has 0 aromatic carbocycles. The summed E-state index contributed by atoms with van der Waals surface area (Å²) in [6.07, 6.45) is 8.96. The molecule has 1 unspecified atom stereocenters. The number of allylic oxidation sites excluding steroid dienone is 4. The second kappa shape index (κ2) is 9.45. The lowest BCUT2D eigenvalue weighted by Gasteiger charge is -2.44. The summed E-state index contributed by atoms with van der Waals surface area (Å²) in [6, 6.07) is 0. The summed E-state index contributed by atoms with van der Waals surface area (Å²) in [5.41, 5.74) is 1.41. The smallest absolute Gasteiger partial charge is 0.306 e. The quantitative estimate of drug-likeness (QED) is 0.448. The van der Waals surface area contributed by atoms with Gasteiger partial charge in [0.2, 0.25) is 0 Å². The Hall–Kier alpha value is -1.03. The van der Waals surface area contributed by atoms with Gasteiger partial charge >= 0.3 is 5.92 Å². The summed E-state index contributed by atoms with van der Waals surface area (Å²) in [7, 11) is 0. The van der Waals surface area contributed by atoms with Gasteiger partial charge in [0.05, 0.1) is 6.10 Å². The Labute approximate surface area is 186 Å². The minimum Gasteiger partial charge on any atom is -0.389 e. The van der Waals surface area contributed by atoms with E-state index in [1.807, 2.05) is 6.08 Å². The molecule has 0 saturated heterocycles. The van der Waals surface area contributed by atoms with Crippen LogP contribution in [0.1, 0.15) is 85.5 Å². The van der Waals surface area contributed by atoms with Gasteiger partial charge in [-0.15, -0.1) is 0 Å². The summed E-state index contributed by atoms with van der Waals surface area (Å²) in [5.74, 6) is -1.03. The van der Waals surface area contributed by atoms with Crippen LogP contribution in [0.5, 0.6) is 0 Å². The molecule has 6 atom stereocenters. The Bertz CT molecular complexity index is 722. The van der Waals surface area contributed by atoms with Crippen LogP contribution in [-0.2, 0) is 0 Å². The van der Waals surface area contributed by atoms with Crippen molar-refractivity contribution < 1.29 is 18.3 Å². The fourth-order valence-corrected chi connectivity index (χ4v) is 6.71. The highest BCUT2D eigenvalue weighted by Crippen LogP contribution is 2.60. The van der Waals surface area contributed by atoms with Gasteiger partial charge in [-0.25, -0.2) is 4.39 Å². The van der Waals surface area contributed by atoms with Crippen LogP contribution < -0.4 is 0 Å². The van der Waals surface area contributed by atoms with Crippen LogP contribution in [0.25, 0.3) is 0 Å². The number of alkyl halides is 3. The van der Waals surface area contributed by atoms with Crippen LogP contribution in [0, 0.1) is 29.1 Å². The first-order valence-electron chi connectivity index (χ1n) is 12.3. The Balaban J connectivity index is 1.75. The molecule has 4 heteroatoms. The van der Waals surface area contributed by atoms with Gasteiger partial charge in [-0.2, -0.15) is 8.78 Å². The van der Waals surface area contributed by atoms with Crippen molar-refractivity contribution in [3.05, 3.63) is 35.5 Å². The van der Waals surface area contributed by atoms with Gasteiger partial charge in [0, 0.05) is 12.0 Å². The zero-order valence-electron chi connectivity index (χ0n) is 19.8. The van der Waals surface area contributed by atoms with E-state index in [9.17, 15) is 18.3 Å². The van der Waals surface area contributed by atoms with Crippen LogP contribution in [0.4, 0.5) is 13.2 Å². The van der Waals surface area contributed by atoms with E-state index in [0.29, 0.717) is 17.8 Å². The molecule has 1 N–H and O–H groups in total. The van der Waals surface area contributed by atoms with Gasteiger partial charge in [0.1, 0.15) is 0 Å². The van der Waals surface area contributed by atoms with Crippen molar-refractivity contribution in [2.45, 2.75) is 104 Å². The molecule has 0 aromatic rings. The van der Waals surface area contributed by atoms with Gasteiger partial charge in [-0.1, -0.05) is 71.3 Å². The third-order valence-corrected chi connectivity index (χ3v) is 8.57. The lowest BCUT2D eigenvalue weighted by Crippen LogP contribution is -2.45. The molecule has 0 radical (unpaired) electrons. The summed E-state index contributed by atoms with van der Waals surface area (Å²) in [6.45, 7) is 12.9. The van der Waals surface area contributed by atoms with E-state index in [1.54, 1.807) is 6.08 Å². The van der Waals surface area contributed by atoms with E-state index in [1.165, 1.54) is 37.7 Å². The van der Waals surface area contributed by atoms with Crippen molar-refractivity contribution >= 4 is 0 Å². The minimum absolute atomic E-state index is 0.100. The van der Waals surface area contributed by atoms with Crippen molar-refractivity contribution in [3.63, 3.8) is 0 Å². The fraction of sp³-hybridized carbons (Fsp3) is 0.778. The van der Waals surface area contributed by atoms with Crippen LogP contribution in [0.15, 0.2) is 35.5 Å². The lowest BCUT2D eigenvalue weighted by atomic mass is 9.60. The molecule has 3 fully saturated rings. The Morgan fingerprint density at radius 1 is 1.16 bits per heavy atom. The Morgan fingerprint density at radius 2 is 1.87 bits per heavy atom. The van der Waals surface area contributed by atoms with Crippen molar-refractivity contribution in [2.24, 2.45) is 29.1 Å². The summed E-state index contributed by atoms with van der Waals surface area (Å²) in [4.78, 5) is 0. The van der Waals surface area contributed by atoms with E-state index >= 15 is 0 Å². The van der Waals surface area contributed by atoms with Crippen LogP contribution >= 0.6 is 0 Å². The second-order valence-corrected chi connectivity index (χ2v) is 11.1. The van der Waals surface area contributed by atoms with E-state index in [4.69, 9.17) is 0 Å². The molecule has 3 saturated carbocycles. The number of hydrogen-bond acceptors (Lipinski definition) is 1. The summed E-state index contributed by atoms with van der Waals surface area (Å²) in [5, 5.41) is 9.77. The van der Waals surface area contributed by atoms with Crippen molar-refractivity contribution in [1.29, 1.82) is 0 Å². The van der Waals surface area contributed by atoms with E-state index in [-0.39, 0.29) is 17.4 Å². The molecule has 0 heterocycles. The molecular weight excluding hydrogens is 397 g/mol. The van der Waals surface area contributed by atoms with Gasteiger partial charge in [0.25, 0.3) is 0 Å². The minimum atomic E-state index is -3.70. The van der Waals surface area contributed by atoms with E-state index in [2.05, 4.69) is 34.3 Å². The maximum atomic E-state index is 14.1. The first-order chi connectivity index (χ1) is 14.5. The van der Waals surface area contributed by atoms with Crippen LogP contribution in [0.3, 0.4) is 0 Å². The molecule has 3 aliphatic rings. The van der Waals surface area contributed by atoms with Crippen LogP contribution in [0.2, 0.25) is 0 Å². The normalized spacial score (nSPS) is 39.3. The number of hydrogen-bond donors (Lipinski definition) is 1. The zero-order chi connectivity index (χ0) is 23.0. The topological polar surface area (TPSA) is 20.2 Å². The SMILES string of the molecule is C=C1/C(=C\C=C2/CCC[C@]3(C)[C@@H]([C@H](C)CCCC(C)C)CC[C@@H]23)C[C@@H](O)C(F)C1(F)F. The monoisotopic (exact) mass is 438 g/mol. The molecule has 0 bridgehead atoms. The van der Waals surface area contributed by atoms with Gasteiger partial charge in [-0.05, 0) is 66.8 Å². The summed E-state index contributed by atoms with van der Waals surface area (Å²) < 4.78 is 42.0. The number of aliphatic hydroxyl groups is 1. The lowest BCUT2D eigenvalue weighted by molar-refractivity contribution is -0.0984. The predicted molar refractivity (Wildman–Crippen MR) is 122 cm³/mol. The van der Waals surface area contributed by atoms with Crippen molar-refractivity contribution in [2.75, 3.05) is 0 Å². The average molecular weight is 439 g/mol. The average Bonchev–Trinajstić information content (AvgIpc) is 3.06. The standard InChI is InChI=1S/C27H41F3O/c1-17(2)8-6-9-18(3)22-13-14-23-20(10-7-15-26(22,23)5)11-12-21-16-24(31)25(28)27(29,30)19(21)4/h11-12,17-18,22-25,31H,4,6-10,13-16H2,1-3,5H3/b20-11+,21-12-/t18-,22-,23+,24-,25?,26-/m1/s1. The Morgan fingerprint density at radius 3 is 2.55 bits per heavy atom. The number of fused-ring (bicyclic) bond motifs is 1. The van der Waals surface area contributed by atoms with Gasteiger partial charge in [0.15, 0.2) is 6.17 Å². The molecule has 0 aromatic heterocycles. The summed E-state index contributed by atoms with van der Waals surface area (Å²) >= 11 is 0. The highest BCUT2D eigenvalue weighted by molar-refractivity contribution is 5.42. The van der Waals surface area contributed by atoms with Crippen LogP contribution in [-0.4, -0.2) is 23.3 Å². The molecule has 3 aliphatic carbocycles. The predicted octanol–water partition coefficient (Wildman–Crippen LogP) is 7.81. The fourth-order valence-electron chi connectivity index (χ4n) is 6.71. The van der Waals surface area contributed by atoms with Crippen molar-refractivity contribution in [1.82, 2.24) is 0 Å². The largest absolute Gasteiger partial charge is 0.389 e. The van der Waals surface area contributed by atoms with E-state index < -0.39 is 23.8 Å². The molecule has 3 rings (SSSR count). The van der Waals surface area contributed by atoms with Gasteiger partial charge in [-0.3, -0.25) is 0 Å². The van der Waals surface area contributed by atoms with Crippen molar-refractivity contribution in [3.8, 4) is 0 Å².